The maximum Gasteiger partial charge on any atom is 0.316 e. The van der Waals surface area contributed by atoms with Crippen molar-refractivity contribution in [3.63, 3.8) is 0 Å². The van der Waals surface area contributed by atoms with Gasteiger partial charge in [0.2, 0.25) is 0 Å². The lowest BCUT2D eigenvalue weighted by molar-refractivity contribution is 0.337. The van der Waals surface area contributed by atoms with Crippen LogP contribution in [0.4, 0.5) is 0 Å². The van der Waals surface area contributed by atoms with E-state index in [-0.39, 0.29) is 0 Å². The molecule has 90 valence electrons. The summed E-state index contributed by atoms with van der Waals surface area (Å²) in [5.74, 6) is 0.602. The molecule has 1 aromatic heterocycles. The van der Waals surface area contributed by atoms with E-state index in [1.165, 1.54) is 5.56 Å². The lowest BCUT2D eigenvalue weighted by Gasteiger charge is -2.17. The molecule has 0 aliphatic rings. The third-order valence-electron chi connectivity index (χ3n) is 2.49. The molecule has 0 N–H and O–H groups in total. The summed E-state index contributed by atoms with van der Waals surface area (Å²) in [6.45, 7) is 5.32. The van der Waals surface area contributed by atoms with Gasteiger partial charge in [0.25, 0.3) is 0 Å². The molecule has 1 aromatic rings. The summed E-state index contributed by atoms with van der Waals surface area (Å²) >= 11 is 0. The standard InChI is InChI=1S/C12H21N3O/c1-9(8-15(3)4)6-11-7-13-12(16-5)14-10(11)2/h7,9H,6,8H2,1-5H3. The number of aromatic nitrogens is 2. The van der Waals surface area contributed by atoms with E-state index in [0.717, 1.165) is 18.7 Å². The highest BCUT2D eigenvalue weighted by Crippen LogP contribution is 2.13. The molecule has 0 amide bonds. The molecule has 0 saturated carbocycles. The van der Waals surface area contributed by atoms with Crippen molar-refractivity contribution in [1.82, 2.24) is 14.9 Å². The summed E-state index contributed by atoms with van der Waals surface area (Å²) in [6, 6.07) is 0.446. The van der Waals surface area contributed by atoms with Crippen molar-refractivity contribution >= 4 is 0 Å². The second-order valence-electron chi connectivity index (χ2n) is 4.54. The topological polar surface area (TPSA) is 38.2 Å². The van der Waals surface area contributed by atoms with E-state index in [1.54, 1.807) is 7.11 Å². The van der Waals surface area contributed by atoms with E-state index in [0.29, 0.717) is 11.9 Å². The first-order valence-electron chi connectivity index (χ1n) is 5.54. The Morgan fingerprint density at radius 2 is 2.12 bits per heavy atom. The molecule has 0 aliphatic carbocycles. The van der Waals surface area contributed by atoms with Crippen LogP contribution in [-0.2, 0) is 6.42 Å². The van der Waals surface area contributed by atoms with Crippen LogP contribution in [0.1, 0.15) is 18.2 Å². The van der Waals surface area contributed by atoms with Gasteiger partial charge in [0.05, 0.1) is 7.11 Å². The van der Waals surface area contributed by atoms with Crippen molar-refractivity contribution in [3.8, 4) is 6.01 Å². The molecule has 0 bridgehead atoms. The van der Waals surface area contributed by atoms with Crippen LogP contribution in [0.3, 0.4) is 0 Å². The van der Waals surface area contributed by atoms with E-state index in [9.17, 15) is 0 Å². The molecule has 1 heterocycles. The van der Waals surface area contributed by atoms with Gasteiger partial charge in [0, 0.05) is 18.4 Å². The summed E-state index contributed by atoms with van der Waals surface area (Å²) in [6.07, 6.45) is 2.88. The number of hydrogen-bond donors (Lipinski definition) is 0. The molecule has 16 heavy (non-hydrogen) atoms. The van der Waals surface area contributed by atoms with Gasteiger partial charge >= 0.3 is 6.01 Å². The van der Waals surface area contributed by atoms with Crippen molar-refractivity contribution in [1.29, 1.82) is 0 Å². The van der Waals surface area contributed by atoms with Crippen LogP contribution in [0.5, 0.6) is 6.01 Å². The maximum atomic E-state index is 4.99. The van der Waals surface area contributed by atoms with Crippen LogP contribution in [-0.4, -0.2) is 42.6 Å². The Morgan fingerprint density at radius 1 is 1.44 bits per heavy atom. The van der Waals surface area contributed by atoms with Gasteiger partial charge in [-0.3, -0.25) is 0 Å². The van der Waals surface area contributed by atoms with Gasteiger partial charge < -0.3 is 9.64 Å². The van der Waals surface area contributed by atoms with Crippen molar-refractivity contribution in [3.05, 3.63) is 17.5 Å². The third kappa shape index (κ3) is 3.77. The average molecular weight is 223 g/mol. The number of nitrogens with zero attached hydrogens (tertiary/aromatic N) is 3. The average Bonchev–Trinajstić information content (AvgIpc) is 2.19. The first-order valence-corrected chi connectivity index (χ1v) is 5.54. The zero-order valence-electron chi connectivity index (χ0n) is 10.8. The molecule has 0 fully saturated rings. The summed E-state index contributed by atoms with van der Waals surface area (Å²) in [5, 5.41) is 0. The van der Waals surface area contributed by atoms with Crippen LogP contribution >= 0.6 is 0 Å². The van der Waals surface area contributed by atoms with Crippen LogP contribution < -0.4 is 4.74 Å². The molecule has 4 heteroatoms. The summed E-state index contributed by atoms with van der Waals surface area (Å²) in [5.41, 5.74) is 2.22. The fraction of sp³-hybridized carbons (Fsp3) is 0.667. The molecular formula is C12H21N3O. The van der Waals surface area contributed by atoms with Crippen LogP contribution in [0.25, 0.3) is 0 Å². The van der Waals surface area contributed by atoms with Gasteiger partial charge in [0.15, 0.2) is 0 Å². The molecule has 0 aliphatic heterocycles. The maximum absolute atomic E-state index is 4.99. The normalized spacial score (nSPS) is 12.9. The Morgan fingerprint density at radius 3 is 2.62 bits per heavy atom. The van der Waals surface area contributed by atoms with E-state index in [2.05, 4.69) is 35.9 Å². The van der Waals surface area contributed by atoms with Crippen LogP contribution in [0.15, 0.2) is 6.20 Å². The number of methoxy groups -OCH3 is 1. The minimum Gasteiger partial charge on any atom is -0.467 e. The first-order chi connectivity index (χ1) is 7.52. The second kappa shape index (κ2) is 5.80. The Kier molecular flexibility index (Phi) is 4.68. The predicted molar refractivity (Wildman–Crippen MR) is 64.7 cm³/mol. The highest BCUT2D eigenvalue weighted by Gasteiger charge is 2.09. The molecule has 1 rings (SSSR count). The van der Waals surface area contributed by atoms with Gasteiger partial charge in [-0.25, -0.2) is 9.97 Å². The quantitative estimate of drug-likeness (QED) is 0.759. The van der Waals surface area contributed by atoms with Crippen molar-refractivity contribution in [2.45, 2.75) is 20.3 Å². The van der Waals surface area contributed by atoms with Gasteiger partial charge in [0.1, 0.15) is 0 Å². The molecule has 0 saturated heterocycles. The summed E-state index contributed by atoms with van der Waals surface area (Å²) in [7, 11) is 5.77. The molecule has 0 radical (unpaired) electrons. The third-order valence-corrected chi connectivity index (χ3v) is 2.49. The number of rotatable bonds is 5. The Hall–Kier alpha value is -1.16. The largest absolute Gasteiger partial charge is 0.467 e. The highest BCUT2D eigenvalue weighted by atomic mass is 16.5. The van der Waals surface area contributed by atoms with Gasteiger partial charge in [-0.1, -0.05) is 6.92 Å². The number of aryl methyl sites for hydroxylation is 1. The van der Waals surface area contributed by atoms with Crippen molar-refractivity contribution in [2.75, 3.05) is 27.7 Å². The smallest absolute Gasteiger partial charge is 0.316 e. The minimum atomic E-state index is 0.446. The first kappa shape index (κ1) is 12.9. The van der Waals surface area contributed by atoms with E-state index >= 15 is 0 Å². The fourth-order valence-corrected chi connectivity index (χ4v) is 1.83. The van der Waals surface area contributed by atoms with Crippen LogP contribution in [0.2, 0.25) is 0 Å². The van der Waals surface area contributed by atoms with Crippen LogP contribution in [0, 0.1) is 12.8 Å². The molecule has 0 spiro atoms. The number of ether oxygens (including phenoxy) is 1. The molecule has 0 aromatic carbocycles. The van der Waals surface area contributed by atoms with E-state index in [4.69, 9.17) is 4.74 Å². The van der Waals surface area contributed by atoms with Gasteiger partial charge in [-0.15, -0.1) is 0 Å². The fourth-order valence-electron chi connectivity index (χ4n) is 1.83. The molecular weight excluding hydrogens is 202 g/mol. The molecule has 1 unspecified atom stereocenters. The molecule has 4 nitrogen and oxygen atoms in total. The molecule has 1 atom stereocenters. The minimum absolute atomic E-state index is 0.446. The zero-order valence-corrected chi connectivity index (χ0v) is 10.8. The summed E-state index contributed by atoms with van der Waals surface area (Å²) in [4.78, 5) is 10.6. The van der Waals surface area contributed by atoms with E-state index in [1.807, 2.05) is 13.1 Å². The van der Waals surface area contributed by atoms with Crippen molar-refractivity contribution in [2.24, 2.45) is 5.92 Å². The highest BCUT2D eigenvalue weighted by molar-refractivity contribution is 5.18. The van der Waals surface area contributed by atoms with Gasteiger partial charge in [-0.2, -0.15) is 0 Å². The zero-order chi connectivity index (χ0) is 12.1. The monoisotopic (exact) mass is 223 g/mol. The number of hydrogen-bond acceptors (Lipinski definition) is 4. The van der Waals surface area contributed by atoms with Crippen molar-refractivity contribution < 1.29 is 4.74 Å². The lowest BCUT2D eigenvalue weighted by Crippen LogP contribution is -2.21. The summed E-state index contributed by atoms with van der Waals surface area (Å²) < 4.78 is 4.99. The Labute approximate surface area is 97.7 Å². The van der Waals surface area contributed by atoms with E-state index < -0.39 is 0 Å². The second-order valence-corrected chi connectivity index (χ2v) is 4.54. The van der Waals surface area contributed by atoms with Gasteiger partial charge in [-0.05, 0) is 38.9 Å². The lowest BCUT2D eigenvalue weighted by atomic mass is 10.0. The SMILES string of the molecule is COc1ncc(CC(C)CN(C)C)c(C)n1. The predicted octanol–water partition coefficient (Wildman–Crippen LogP) is 1.53. The Balaban J connectivity index is 2.66. The Bertz CT molecular complexity index is 339.